The van der Waals surface area contributed by atoms with Gasteiger partial charge < -0.3 is 4.74 Å². The molecular weight excluding hydrogens is 162 g/mol. The number of benzene rings is 1. The number of rotatable bonds is 0. The molecule has 13 heavy (non-hydrogen) atoms. The van der Waals surface area contributed by atoms with Gasteiger partial charge in [-0.05, 0) is 30.5 Å². The zero-order valence-electron chi connectivity index (χ0n) is 8.22. The van der Waals surface area contributed by atoms with Crippen LogP contribution in [0.25, 0.3) is 0 Å². The van der Waals surface area contributed by atoms with Crippen molar-refractivity contribution in [2.24, 2.45) is 4.99 Å². The molecule has 68 valence electrons. The number of fused-ring (bicyclic) bond motifs is 1. The minimum absolute atomic E-state index is 0.770. The van der Waals surface area contributed by atoms with E-state index >= 15 is 0 Å². The third-order valence-electron chi connectivity index (χ3n) is 2.54. The van der Waals surface area contributed by atoms with E-state index in [9.17, 15) is 0 Å². The maximum absolute atomic E-state index is 5.22. The van der Waals surface area contributed by atoms with Crippen molar-refractivity contribution in [2.45, 2.75) is 20.4 Å². The first-order valence-corrected chi connectivity index (χ1v) is 4.42. The van der Waals surface area contributed by atoms with Crippen LogP contribution in [-0.2, 0) is 11.3 Å². The summed E-state index contributed by atoms with van der Waals surface area (Å²) >= 11 is 0. The molecule has 2 rings (SSSR count). The fraction of sp³-hybridized carbons (Fsp3) is 0.364. The molecule has 0 saturated carbocycles. The first kappa shape index (κ1) is 8.30. The van der Waals surface area contributed by atoms with Gasteiger partial charge in [0.05, 0.1) is 13.7 Å². The normalized spacial score (nSPS) is 13.9. The highest BCUT2D eigenvalue weighted by Gasteiger charge is 2.19. The van der Waals surface area contributed by atoms with Gasteiger partial charge >= 0.3 is 0 Å². The molecule has 0 aliphatic carbocycles. The number of nitrogens with zero attached hydrogens (tertiary/aromatic N) is 1. The number of ether oxygens (including phenoxy) is 1. The van der Waals surface area contributed by atoms with Crippen molar-refractivity contribution < 1.29 is 4.74 Å². The Morgan fingerprint density at radius 2 is 1.92 bits per heavy atom. The molecule has 0 saturated heterocycles. The van der Waals surface area contributed by atoms with E-state index in [1.807, 2.05) is 0 Å². The summed E-state index contributed by atoms with van der Waals surface area (Å²) in [5, 5.41) is 0. The summed E-state index contributed by atoms with van der Waals surface area (Å²) in [6.45, 7) is 4.98. The molecule has 0 aromatic heterocycles. The average Bonchev–Trinajstić information content (AvgIpc) is 2.56. The zero-order chi connectivity index (χ0) is 9.42. The molecule has 1 aliphatic rings. The minimum atomic E-state index is 0.770. The van der Waals surface area contributed by atoms with Crippen LogP contribution in [0.1, 0.15) is 22.3 Å². The lowest BCUT2D eigenvalue weighted by molar-refractivity contribution is 0.405. The number of hydrogen-bond donors (Lipinski definition) is 0. The highest BCUT2D eigenvalue weighted by atomic mass is 16.5. The Bertz CT molecular complexity index is 380. The van der Waals surface area contributed by atoms with Gasteiger partial charge in [0.1, 0.15) is 0 Å². The smallest absolute Gasteiger partial charge is 0.216 e. The summed E-state index contributed by atoms with van der Waals surface area (Å²) in [7, 11) is 1.68. The fourth-order valence-electron chi connectivity index (χ4n) is 1.77. The Morgan fingerprint density at radius 1 is 1.23 bits per heavy atom. The molecule has 1 aromatic rings. The van der Waals surface area contributed by atoms with Crippen LogP contribution in [0.5, 0.6) is 0 Å². The van der Waals surface area contributed by atoms with Crippen LogP contribution in [0.4, 0.5) is 0 Å². The minimum Gasteiger partial charge on any atom is -0.481 e. The molecule has 0 fully saturated rings. The summed E-state index contributed by atoms with van der Waals surface area (Å²) in [6, 6.07) is 4.26. The van der Waals surface area contributed by atoms with Crippen molar-refractivity contribution in [3.8, 4) is 0 Å². The summed E-state index contributed by atoms with van der Waals surface area (Å²) in [5.41, 5.74) is 5.06. The third kappa shape index (κ3) is 1.13. The lowest BCUT2D eigenvalue weighted by Gasteiger charge is -2.07. The van der Waals surface area contributed by atoms with E-state index in [0.29, 0.717) is 0 Å². The second-order valence-corrected chi connectivity index (χ2v) is 3.38. The van der Waals surface area contributed by atoms with Crippen LogP contribution >= 0.6 is 0 Å². The number of aryl methyl sites for hydroxylation is 2. The highest BCUT2D eigenvalue weighted by Crippen LogP contribution is 2.25. The van der Waals surface area contributed by atoms with Crippen molar-refractivity contribution in [1.82, 2.24) is 0 Å². The van der Waals surface area contributed by atoms with Crippen molar-refractivity contribution in [3.05, 3.63) is 34.4 Å². The van der Waals surface area contributed by atoms with Gasteiger partial charge in [0, 0.05) is 5.56 Å². The standard InChI is InChI=1S/C11H13NO/c1-7-4-5-8(2)10-9(7)6-12-11(10)13-3/h4-5H,6H2,1-3H3. The maximum atomic E-state index is 5.22. The van der Waals surface area contributed by atoms with Crippen LogP contribution in [0.15, 0.2) is 17.1 Å². The SMILES string of the molecule is COC1=NCc2c(C)ccc(C)c21. The van der Waals surface area contributed by atoms with E-state index in [1.165, 1.54) is 22.3 Å². The second kappa shape index (κ2) is 2.87. The molecule has 0 N–H and O–H groups in total. The second-order valence-electron chi connectivity index (χ2n) is 3.38. The first-order chi connectivity index (χ1) is 6.24. The maximum Gasteiger partial charge on any atom is 0.216 e. The van der Waals surface area contributed by atoms with Crippen molar-refractivity contribution in [1.29, 1.82) is 0 Å². The Kier molecular flexibility index (Phi) is 1.83. The van der Waals surface area contributed by atoms with Gasteiger partial charge in [0.15, 0.2) is 0 Å². The molecule has 0 spiro atoms. The molecule has 0 radical (unpaired) electrons. The topological polar surface area (TPSA) is 21.6 Å². The fourth-order valence-corrected chi connectivity index (χ4v) is 1.77. The molecular formula is C11H13NO. The van der Waals surface area contributed by atoms with Crippen molar-refractivity contribution in [3.63, 3.8) is 0 Å². The molecule has 0 unspecified atom stereocenters. The molecule has 1 aliphatic heterocycles. The van der Waals surface area contributed by atoms with Gasteiger partial charge in [0.25, 0.3) is 0 Å². The number of hydrogen-bond acceptors (Lipinski definition) is 2. The predicted octanol–water partition coefficient (Wildman–Crippen LogP) is 2.21. The van der Waals surface area contributed by atoms with Gasteiger partial charge in [-0.3, -0.25) is 0 Å². The van der Waals surface area contributed by atoms with Crippen molar-refractivity contribution >= 4 is 5.90 Å². The molecule has 1 aromatic carbocycles. The largest absolute Gasteiger partial charge is 0.481 e. The molecule has 0 bridgehead atoms. The van der Waals surface area contributed by atoms with Crippen LogP contribution in [0.2, 0.25) is 0 Å². The van der Waals surface area contributed by atoms with E-state index in [-0.39, 0.29) is 0 Å². The summed E-state index contributed by atoms with van der Waals surface area (Å²) in [5.74, 6) is 0.788. The van der Waals surface area contributed by atoms with E-state index in [1.54, 1.807) is 7.11 Å². The van der Waals surface area contributed by atoms with Gasteiger partial charge in [-0.1, -0.05) is 12.1 Å². The third-order valence-corrected chi connectivity index (χ3v) is 2.54. The molecule has 2 nitrogen and oxygen atoms in total. The molecule has 2 heteroatoms. The van der Waals surface area contributed by atoms with E-state index in [2.05, 4.69) is 31.0 Å². The Balaban J connectivity index is 2.62. The molecule has 0 atom stereocenters. The van der Waals surface area contributed by atoms with Crippen LogP contribution in [0, 0.1) is 13.8 Å². The van der Waals surface area contributed by atoms with Gasteiger partial charge in [0.2, 0.25) is 5.90 Å². The van der Waals surface area contributed by atoms with E-state index < -0.39 is 0 Å². The van der Waals surface area contributed by atoms with Crippen molar-refractivity contribution in [2.75, 3.05) is 7.11 Å². The van der Waals surface area contributed by atoms with E-state index in [4.69, 9.17) is 4.74 Å². The number of aliphatic imine (C=N–C) groups is 1. The lowest BCUT2D eigenvalue weighted by Crippen LogP contribution is -2.04. The monoisotopic (exact) mass is 175 g/mol. The summed E-state index contributed by atoms with van der Waals surface area (Å²) in [6.07, 6.45) is 0. The van der Waals surface area contributed by atoms with Gasteiger partial charge in [-0.2, -0.15) is 0 Å². The predicted molar refractivity (Wildman–Crippen MR) is 53.2 cm³/mol. The van der Waals surface area contributed by atoms with Crippen LogP contribution in [0.3, 0.4) is 0 Å². The van der Waals surface area contributed by atoms with E-state index in [0.717, 1.165) is 12.4 Å². The van der Waals surface area contributed by atoms with Gasteiger partial charge in [-0.25, -0.2) is 4.99 Å². The Hall–Kier alpha value is -1.31. The van der Waals surface area contributed by atoms with Gasteiger partial charge in [-0.15, -0.1) is 0 Å². The lowest BCUT2D eigenvalue weighted by atomic mass is 9.99. The highest BCUT2D eigenvalue weighted by molar-refractivity contribution is 5.99. The number of methoxy groups -OCH3 is 1. The first-order valence-electron chi connectivity index (χ1n) is 4.42. The summed E-state index contributed by atoms with van der Waals surface area (Å²) in [4.78, 5) is 4.34. The Labute approximate surface area is 78.3 Å². The average molecular weight is 175 g/mol. The molecule has 1 heterocycles. The quantitative estimate of drug-likeness (QED) is 0.592. The van der Waals surface area contributed by atoms with Crippen LogP contribution in [-0.4, -0.2) is 13.0 Å². The zero-order valence-corrected chi connectivity index (χ0v) is 8.22. The Morgan fingerprint density at radius 3 is 2.62 bits per heavy atom. The summed E-state index contributed by atoms with van der Waals surface area (Å²) < 4.78 is 5.22. The molecule has 0 amide bonds. The van der Waals surface area contributed by atoms with Crippen LogP contribution < -0.4 is 0 Å².